The predicted octanol–water partition coefficient (Wildman–Crippen LogP) is 1.43. The number of carbonyl (C=O) groups is 4. The predicted molar refractivity (Wildman–Crippen MR) is 111 cm³/mol. The molecule has 160 valence electrons. The van der Waals surface area contributed by atoms with Gasteiger partial charge in [0.25, 0.3) is 11.8 Å². The van der Waals surface area contributed by atoms with E-state index in [1.165, 1.54) is 11.0 Å². The van der Waals surface area contributed by atoms with Crippen molar-refractivity contribution in [2.75, 3.05) is 0 Å². The molecule has 8 nitrogen and oxygen atoms in total. The Labute approximate surface area is 179 Å². The summed E-state index contributed by atoms with van der Waals surface area (Å²) in [6.45, 7) is 1.95. The Morgan fingerprint density at radius 2 is 1.94 bits per heavy atom. The highest BCUT2D eigenvalue weighted by Crippen LogP contribution is 2.29. The van der Waals surface area contributed by atoms with E-state index in [1.54, 1.807) is 43.3 Å². The van der Waals surface area contributed by atoms with E-state index in [2.05, 4.69) is 10.6 Å². The van der Waals surface area contributed by atoms with Crippen LogP contribution in [0.25, 0.3) is 0 Å². The fraction of sp³-hybridized carbons (Fsp3) is 0.304. The highest BCUT2D eigenvalue weighted by molar-refractivity contribution is 6.06. The van der Waals surface area contributed by atoms with Crippen LogP contribution in [0.2, 0.25) is 0 Å². The molecule has 0 radical (unpaired) electrons. The van der Waals surface area contributed by atoms with E-state index in [-0.39, 0.29) is 37.6 Å². The zero-order valence-corrected chi connectivity index (χ0v) is 17.1. The van der Waals surface area contributed by atoms with Gasteiger partial charge in [0.1, 0.15) is 6.04 Å². The van der Waals surface area contributed by atoms with E-state index in [9.17, 15) is 24.3 Å². The molecule has 2 aromatic rings. The third-order valence-corrected chi connectivity index (χ3v) is 5.87. The molecule has 0 aliphatic carbocycles. The lowest BCUT2D eigenvalue weighted by molar-refractivity contribution is -0.136. The largest absolute Gasteiger partial charge is 0.367 e. The molecule has 3 N–H and O–H groups in total. The molecule has 2 aromatic carbocycles. The van der Waals surface area contributed by atoms with Gasteiger partial charge in [-0.05, 0) is 36.6 Å². The summed E-state index contributed by atoms with van der Waals surface area (Å²) in [5.74, 6) is -1.59. The summed E-state index contributed by atoms with van der Waals surface area (Å²) in [4.78, 5) is 50.7. The maximum absolute atomic E-state index is 12.9. The van der Waals surface area contributed by atoms with Crippen molar-refractivity contribution in [3.05, 3.63) is 70.8 Å². The highest BCUT2D eigenvalue weighted by Gasteiger charge is 2.39. The fourth-order valence-electron chi connectivity index (χ4n) is 4.05. The number of amides is 4. The number of nitrogens with one attached hydrogen (secondary N) is 2. The number of carbonyl (C=O) groups excluding carboxylic acids is 4. The van der Waals surface area contributed by atoms with E-state index in [1.807, 2.05) is 6.07 Å². The van der Waals surface area contributed by atoms with Gasteiger partial charge in [-0.1, -0.05) is 37.3 Å². The second-order valence-corrected chi connectivity index (χ2v) is 7.81. The van der Waals surface area contributed by atoms with Gasteiger partial charge in [0.15, 0.2) is 5.72 Å². The maximum atomic E-state index is 12.9. The molecule has 1 saturated heterocycles. The molecule has 0 bridgehead atoms. The van der Waals surface area contributed by atoms with Crippen LogP contribution in [0, 0.1) is 0 Å². The topological polar surface area (TPSA) is 116 Å². The van der Waals surface area contributed by atoms with Gasteiger partial charge in [-0.3, -0.25) is 24.5 Å². The molecule has 1 unspecified atom stereocenters. The van der Waals surface area contributed by atoms with Crippen LogP contribution in [0.3, 0.4) is 0 Å². The normalized spacial score (nSPS) is 20.1. The SMILES string of the molecule is CC[C@@](O)(NC(=O)c1ccc2c(c1)CN(C1CCC(=O)NC1=O)C2=O)c1ccccc1. The summed E-state index contributed by atoms with van der Waals surface area (Å²) in [5, 5.41) is 15.9. The molecule has 0 aromatic heterocycles. The van der Waals surface area contributed by atoms with Crippen molar-refractivity contribution in [1.29, 1.82) is 0 Å². The number of imide groups is 1. The zero-order valence-electron chi connectivity index (χ0n) is 17.1. The molecule has 4 amide bonds. The van der Waals surface area contributed by atoms with E-state index in [0.717, 1.165) is 0 Å². The summed E-state index contributed by atoms with van der Waals surface area (Å²) in [7, 11) is 0. The van der Waals surface area contributed by atoms with Crippen LogP contribution in [0.15, 0.2) is 48.5 Å². The van der Waals surface area contributed by atoms with Crippen molar-refractivity contribution in [1.82, 2.24) is 15.5 Å². The lowest BCUT2D eigenvalue weighted by Gasteiger charge is -2.29. The minimum absolute atomic E-state index is 0.179. The minimum atomic E-state index is -1.52. The van der Waals surface area contributed by atoms with Crippen LogP contribution in [0.1, 0.15) is 58.0 Å². The molecule has 1 fully saturated rings. The van der Waals surface area contributed by atoms with Gasteiger partial charge in [-0.15, -0.1) is 0 Å². The third-order valence-electron chi connectivity index (χ3n) is 5.87. The summed E-state index contributed by atoms with van der Waals surface area (Å²) in [5.41, 5.74) is 0.411. The molecular formula is C23H23N3O5. The Morgan fingerprint density at radius 3 is 2.61 bits per heavy atom. The Hall–Kier alpha value is -3.52. The van der Waals surface area contributed by atoms with Crippen molar-refractivity contribution in [3.8, 4) is 0 Å². The second-order valence-electron chi connectivity index (χ2n) is 7.81. The molecule has 0 spiro atoms. The van der Waals surface area contributed by atoms with Gasteiger partial charge in [0.05, 0.1) is 0 Å². The summed E-state index contributed by atoms with van der Waals surface area (Å²) in [6, 6.07) is 12.9. The number of nitrogens with zero attached hydrogens (tertiary/aromatic N) is 1. The first-order valence-corrected chi connectivity index (χ1v) is 10.2. The lowest BCUT2D eigenvalue weighted by atomic mass is 9.99. The maximum Gasteiger partial charge on any atom is 0.255 e. The van der Waals surface area contributed by atoms with Crippen molar-refractivity contribution in [3.63, 3.8) is 0 Å². The molecule has 2 aliphatic rings. The molecule has 2 aliphatic heterocycles. The van der Waals surface area contributed by atoms with Gasteiger partial charge < -0.3 is 15.3 Å². The van der Waals surface area contributed by atoms with Gasteiger partial charge in [0, 0.05) is 29.7 Å². The number of piperidine rings is 1. The Bertz CT molecular complexity index is 1070. The van der Waals surface area contributed by atoms with Crippen molar-refractivity contribution in [2.24, 2.45) is 0 Å². The number of aliphatic hydroxyl groups is 1. The molecule has 2 atom stereocenters. The number of hydrogen-bond acceptors (Lipinski definition) is 5. The van der Waals surface area contributed by atoms with Gasteiger partial charge >= 0.3 is 0 Å². The molecule has 31 heavy (non-hydrogen) atoms. The first-order chi connectivity index (χ1) is 14.8. The Morgan fingerprint density at radius 1 is 1.19 bits per heavy atom. The van der Waals surface area contributed by atoms with E-state index < -0.39 is 23.6 Å². The first-order valence-electron chi connectivity index (χ1n) is 10.2. The third kappa shape index (κ3) is 3.82. The number of benzene rings is 2. The average molecular weight is 421 g/mol. The van der Waals surface area contributed by atoms with Gasteiger partial charge in [-0.25, -0.2) is 0 Å². The zero-order chi connectivity index (χ0) is 22.2. The first kappa shape index (κ1) is 20.7. The van der Waals surface area contributed by atoms with Crippen LogP contribution < -0.4 is 10.6 Å². The van der Waals surface area contributed by atoms with Crippen LogP contribution in [0.4, 0.5) is 0 Å². The monoisotopic (exact) mass is 421 g/mol. The Kier molecular flexibility index (Phi) is 5.32. The molecule has 2 heterocycles. The lowest BCUT2D eigenvalue weighted by Crippen LogP contribution is -2.52. The number of rotatable bonds is 5. The minimum Gasteiger partial charge on any atom is -0.367 e. The van der Waals surface area contributed by atoms with E-state index >= 15 is 0 Å². The summed E-state index contributed by atoms with van der Waals surface area (Å²) >= 11 is 0. The van der Waals surface area contributed by atoms with Gasteiger partial charge in [-0.2, -0.15) is 0 Å². The average Bonchev–Trinajstić information content (AvgIpc) is 3.10. The molecular weight excluding hydrogens is 398 g/mol. The second kappa shape index (κ2) is 7.96. The molecule has 8 heteroatoms. The highest BCUT2D eigenvalue weighted by atomic mass is 16.3. The van der Waals surface area contributed by atoms with Crippen LogP contribution in [-0.2, 0) is 21.9 Å². The number of hydrogen-bond donors (Lipinski definition) is 3. The summed E-state index contributed by atoms with van der Waals surface area (Å²) < 4.78 is 0. The van der Waals surface area contributed by atoms with Crippen LogP contribution in [0.5, 0.6) is 0 Å². The molecule has 4 rings (SSSR count). The van der Waals surface area contributed by atoms with Crippen molar-refractivity contribution in [2.45, 2.75) is 44.5 Å². The van der Waals surface area contributed by atoms with Crippen LogP contribution in [-0.4, -0.2) is 39.7 Å². The van der Waals surface area contributed by atoms with E-state index in [0.29, 0.717) is 22.3 Å². The standard InChI is InChI=1S/C23H23N3O5/c1-2-23(31,16-6-4-3-5-7-16)25-20(28)14-8-9-17-15(12-14)13-26(22(17)30)18-10-11-19(27)24-21(18)29/h3-9,12,18,31H,2,10-11,13H2,1H3,(H,25,28)(H,24,27,29)/t18?,23-/m0/s1. The smallest absolute Gasteiger partial charge is 0.255 e. The quantitative estimate of drug-likeness (QED) is 0.499. The number of fused-ring (bicyclic) bond motifs is 1. The van der Waals surface area contributed by atoms with Crippen molar-refractivity contribution >= 4 is 23.6 Å². The van der Waals surface area contributed by atoms with Gasteiger partial charge in [0.2, 0.25) is 11.8 Å². The van der Waals surface area contributed by atoms with Crippen LogP contribution >= 0.6 is 0 Å². The fourth-order valence-corrected chi connectivity index (χ4v) is 4.05. The summed E-state index contributed by atoms with van der Waals surface area (Å²) in [6.07, 6.45) is 0.729. The van der Waals surface area contributed by atoms with Crippen molar-refractivity contribution < 1.29 is 24.3 Å². The Balaban J connectivity index is 1.53. The molecule has 0 saturated carbocycles. The van der Waals surface area contributed by atoms with E-state index in [4.69, 9.17) is 0 Å².